The minimum Gasteiger partial charge on any atom is -0.393 e. The second-order valence-corrected chi connectivity index (χ2v) is 6.60. The van der Waals surface area contributed by atoms with E-state index in [4.69, 9.17) is 5.73 Å². The molecule has 1 aromatic rings. The van der Waals surface area contributed by atoms with Crippen LogP contribution in [0.2, 0.25) is 0 Å². The average molecular weight is 274 g/mol. The summed E-state index contributed by atoms with van der Waals surface area (Å²) < 4.78 is 24.9. The number of sulfone groups is 1. The van der Waals surface area contributed by atoms with E-state index < -0.39 is 9.84 Å². The molecule has 0 unspecified atom stereocenters. The number of aliphatic hydroxyl groups excluding tert-OH is 1. The molecule has 1 aromatic heterocycles. The second-order valence-electron chi connectivity index (χ2n) is 4.65. The quantitative estimate of drug-likeness (QED) is 0.744. The Morgan fingerprint density at radius 1 is 1.39 bits per heavy atom. The maximum atomic E-state index is 11.8. The summed E-state index contributed by atoms with van der Waals surface area (Å²) in [6.07, 6.45) is 2.03. The molecule has 0 amide bonds. The van der Waals surface area contributed by atoms with Gasteiger partial charge in [-0.2, -0.15) is 5.10 Å². The number of rotatable bonds is 2. The summed E-state index contributed by atoms with van der Waals surface area (Å²) in [6.45, 7) is 1.17. The Morgan fingerprint density at radius 2 is 1.94 bits per heavy atom. The van der Waals surface area contributed by atoms with E-state index in [1.165, 1.54) is 4.68 Å². The Bertz CT molecular complexity index is 544. The first-order valence-electron chi connectivity index (χ1n) is 5.76. The molecule has 2 rings (SSSR count). The molecule has 8 heteroatoms. The molecule has 0 aromatic carbocycles. The molecule has 0 spiro atoms. The van der Waals surface area contributed by atoms with Gasteiger partial charge in [0.25, 0.3) is 0 Å². The van der Waals surface area contributed by atoms with Crippen LogP contribution in [0.4, 0.5) is 11.6 Å². The number of nitrogens with zero attached hydrogens (tertiary/aromatic N) is 3. The Morgan fingerprint density at radius 3 is 2.44 bits per heavy atom. The van der Waals surface area contributed by atoms with Gasteiger partial charge in [-0.05, 0) is 12.8 Å². The molecule has 1 saturated heterocycles. The van der Waals surface area contributed by atoms with Gasteiger partial charge in [0.15, 0.2) is 20.6 Å². The minimum atomic E-state index is -3.42. The fraction of sp³-hybridized carbons (Fsp3) is 0.700. The highest BCUT2D eigenvalue weighted by Crippen LogP contribution is 2.31. The van der Waals surface area contributed by atoms with Crippen molar-refractivity contribution in [3.05, 3.63) is 0 Å². The van der Waals surface area contributed by atoms with Crippen molar-refractivity contribution in [2.24, 2.45) is 7.05 Å². The monoisotopic (exact) mass is 274 g/mol. The van der Waals surface area contributed by atoms with Crippen LogP contribution in [0.3, 0.4) is 0 Å². The van der Waals surface area contributed by atoms with Crippen LogP contribution in [0.15, 0.2) is 4.90 Å². The van der Waals surface area contributed by atoms with E-state index in [-0.39, 0.29) is 16.8 Å². The molecule has 3 N–H and O–H groups in total. The van der Waals surface area contributed by atoms with Crippen LogP contribution in [0.5, 0.6) is 0 Å². The summed E-state index contributed by atoms with van der Waals surface area (Å²) in [4.78, 5) is 1.95. The van der Waals surface area contributed by atoms with Crippen molar-refractivity contribution in [1.29, 1.82) is 0 Å². The van der Waals surface area contributed by atoms with E-state index in [2.05, 4.69) is 5.10 Å². The van der Waals surface area contributed by atoms with Crippen LogP contribution in [0.1, 0.15) is 12.8 Å². The highest BCUT2D eigenvalue weighted by atomic mass is 32.2. The number of hydrogen-bond donors (Lipinski definition) is 2. The molecular formula is C10H18N4O3S. The summed E-state index contributed by atoms with van der Waals surface area (Å²) in [6, 6.07) is 0. The lowest BCUT2D eigenvalue weighted by Gasteiger charge is -2.30. The van der Waals surface area contributed by atoms with Gasteiger partial charge < -0.3 is 15.7 Å². The molecular weight excluding hydrogens is 256 g/mol. The SMILES string of the molecule is Cn1nc(N2CCC(O)CC2)c(S(C)(=O)=O)c1N. The Labute approximate surface area is 106 Å². The van der Waals surface area contributed by atoms with Crippen LogP contribution in [0.25, 0.3) is 0 Å². The third-order valence-electron chi connectivity index (χ3n) is 3.16. The maximum Gasteiger partial charge on any atom is 0.182 e. The van der Waals surface area contributed by atoms with Crippen molar-refractivity contribution < 1.29 is 13.5 Å². The second kappa shape index (κ2) is 4.43. The first kappa shape index (κ1) is 13.2. The highest BCUT2D eigenvalue weighted by molar-refractivity contribution is 7.91. The van der Waals surface area contributed by atoms with Gasteiger partial charge >= 0.3 is 0 Å². The van der Waals surface area contributed by atoms with E-state index in [0.29, 0.717) is 31.7 Å². The van der Waals surface area contributed by atoms with Crippen molar-refractivity contribution in [2.45, 2.75) is 23.8 Å². The molecule has 0 radical (unpaired) electrons. The Kier molecular flexibility index (Phi) is 3.24. The number of aliphatic hydroxyl groups is 1. The number of aryl methyl sites for hydroxylation is 1. The third kappa shape index (κ3) is 2.30. The molecule has 1 aliphatic rings. The van der Waals surface area contributed by atoms with Crippen LogP contribution < -0.4 is 10.6 Å². The van der Waals surface area contributed by atoms with Gasteiger partial charge in [-0.15, -0.1) is 0 Å². The first-order valence-corrected chi connectivity index (χ1v) is 7.65. The lowest BCUT2D eigenvalue weighted by atomic mass is 10.1. The molecule has 7 nitrogen and oxygen atoms in total. The number of aromatic nitrogens is 2. The van der Waals surface area contributed by atoms with E-state index in [0.717, 1.165) is 6.26 Å². The van der Waals surface area contributed by atoms with Crippen molar-refractivity contribution in [3.63, 3.8) is 0 Å². The van der Waals surface area contributed by atoms with Crippen molar-refractivity contribution in [3.8, 4) is 0 Å². The van der Waals surface area contributed by atoms with Gasteiger partial charge in [-0.1, -0.05) is 0 Å². The molecule has 0 bridgehead atoms. The van der Waals surface area contributed by atoms with Crippen molar-refractivity contribution in [2.75, 3.05) is 30.0 Å². The number of nitrogens with two attached hydrogens (primary N) is 1. The summed E-state index contributed by atoms with van der Waals surface area (Å²) in [5.74, 6) is 0.544. The van der Waals surface area contributed by atoms with Gasteiger partial charge in [0.05, 0.1) is 6.10 Å². The van der Waals surface area contributed by atoms with Crippen LogP contribution in [-0.4, -0.2) is 48.8 Å². The maximum absolute atomic E-state index is 11.8. The average Bonchev–Trinajstić information content (AvgIpc) is 2.56. The van der Waals surface area contributed by atoms with Gasteiger partial charge in [0, 0.05) is 26.4 Å². The normalized spacial score (nSPS) is 18.3. The zero-order valence-electron chi connectivity index (χ0n) is 10.5. The lowest BCUT2D eigenvalue weighted by Crippen LogP contribution is -2.36. The standard InChI is InChI=1S/C10H18N4O3S/c1-13-9(11)8(18(2,16)17)10(12-13)14-5-3-7(15)4-6-14/h7,15H,3-6,11H2,1-2H3. The van der Waals surface area contributed by atoms with E-state index in [9.17, 15) is 13.5 Å². The zero-order valence-corrected chi connectivity index (χ0v) is 11.3. The number of anilines is 2. The summed E-state index contributed by atoms with van der Waals surface area (Å²) in [5, 5.41) is 13.6. The van der Waals surface area contributed by atoms with Crippen LogP contribution >= 0.6 is 0 Å². The molecule has 2 heterocycles. The molecule has 18 heavy (non-hydrogen) atoms. The summed E-state index contributed by atoms with van der Waals surface area (Å²) in [7, 11) is -1.80. The molecule has 0 saturated carbocycles. The lowest BCUT2D eigenvalue weighted by molar-refractivity contribution is 0.145. The smallest absolute Gasteiger partial charge is 0.182 e. The first-order chi connectivity index (χ1) is 8.30. The number of piperidine rings is 1. The summed E-state index contributed by atoms with van der Waals surface area (Å²) >= 11 is 0. The van der Waals surface area contributed by atoms with Gasteiger partial charge in [0.2, 0.25) is 0 Å². The summed E-state index contributed by atoms with van der Waals surface area (Å²) in [5.41, 5.74) is 5.77. The molecule has 102 valence electrons. The van der Waals surface area contributed by atoms with Crippen LogP contribution in [0, 0.1) is 0 Å². The molecule has 1 aliphatic heterocycles. The van der Waals surface area contributed by atoms with Crippen molar-refractivity contribution >= 4 is 21.5 Å². The topological polar surface area (TPSA) is 101 Å². The number of hydrogen-bond acceptors (Lipinski definition) is 6. The predicted molar refractivity (Wildman–Crippen MR) is 68.2 cm³/mol. The molecule has 0 aliphatic carbocycles. The fourth-order valence-corrected chi connectivity index (χ4v) is 3.16. The number of nitrogen functional groups attached to an aromatic ring is 1. The molecule has 1 fully saturated rings. The van der Waals surface area contributed by atoms with Gasteiger partial charge in [-0.3, -0.25) is 0 Å². The Balaban J connectivity index is 2.42. The minimum absolute atomic E-state index is 0.0846. The van der Waals surface area contributed by atoms with Gasteiger partial charge in [-0.25, -0.2) is 13.1 Å². The third-order valence-corrected chi connectivity index (χ3v) is 4.30. The van der Waals surface area contributed by atoms with E-state index in [1.54, 1.807) is 7.05 Å². The van der Waals surface area contributed by atoms with E-state index in [1.807, 2.05) is 4.90 Å². The Hall–Kier alpha value is -1.28. The van der Waals surface area contributed by atoms with Crippen LogP contribution in [-0.2, 0) is 16.9 Å². The molecule has 0 atom stereocenters. The zero-order chi connectivity index (χ0) is 13.5. The van der Waals surface area contributed by atoms with Gasteiger partial charge in [0.1, 0.15) is 5.82 Å². The largest absolute Gasteiger partial charge is 0.393 e. The fourth-order valence-electron chi connectivity index (χ4n) is 2.14. The van der Waals surface area contributed by atoms with E-state index >= 15 is 0 Å². The highest BCUT2D eigenvalue weighted by Gasteiger charge is 2.28. The van der Waals surface area contributed by atoms with Crippen molar-refractivity contribution in [1.82, 2.24) is 9.78 Å². The predicted octanol–water partition coefficient (Wildman–Crippen LogP) is -0.633.